The number of anilines is 1. The van der Waals surface area contributed by atoms with Gasteiger partial charge in [0.15, 0.2) is 5.82 Å². The third-order valence-corrected chi connectivity index (χ3v) is 4.21. The Hall–Kier alpha value is -2.47. The summed E-state index contributed by atoms with van der Waals surface area (Å²) in [7, 11) is 0. The van der Waals surface area contributed by atoms with Gasteiger partial charge in [0.2, 0.25) is 0 Å². The minimum atomic E-state index is 0.318. The van der Waals surface area contributed by atoms with Gasteiger partial charge in [0.1, 0.15) is 11.5 Å². The fourth-order valence-corrected chi connectivity index (χ4v) is 3.06. The van der Waals surface area contributed by atoms with E-state index in [2.05, 4.69) is 32.8 Å². The van der Waals surface area contributed by atoms with Gasteiger partial charge in [0, 0.05) is 35.6 Å². The lowest BCUT2D eigenvalue weighted by atomic mass is 10.1. The lowest BCUT2D eigenvalue weighted by molar-refractivity contribution is 0.0985. The number of morpholine rings is 1. The van der Waals surface area contributed by atoms with Crippen LogP contribution in [0, 0.1) is 6.92 Å². The lowest BCUT2D eigenvalue weighted by Crippen LogP contribution is -2.44. The summed E-state index contributed by atoms with van der Waals surface area (Å²) in [6.07, 6.45) is 3.62. The van der Waals surface area contributed by atoms with Crippen molar-refractivity contribution < 1.29 is 4.74 Å². The van der Waals surface area contributed by atoms with Gasteiger partial charge >= 0.3 is 0 Å². The summed E-state index contributed by atoms with van der Waals surface area (Å²) >= 11 is 0. The third kappa shape index (κ3) is 2.55. The van der Waals surface area contributed by atoms with Crippen LogP contribution in [0.2, 0.25) is 0 Å². The summed E-state index contributed by atoms with van der Waals surface area (Å²) in [5, 5.41) is 1.05. The zero-order valence-corrected chi connectivity index (χ0v) is 13.3. The number of H-pyrrole nitrogens is 1. The van der Waals surface area contributed by atoms with Gasteiger partial charge in [-0.2, -0.15) is 0 Å². The van der Waals surface area contributed by atoms with Crippen LogP contribution in [0.4, 0.5) is 5.82 Å². The second-order valence-corrected chi connectivity index (χ2v) is 5.93. The van der Waals surface area contributed by atoms with E-state index >= 15 is 0 Å². The molecule has 4 heterocycles. The van der Waals surface area contributed by atoms with Crippen LogP contribution in [0.1, 0.15) is 12.6 Å². The van der Waals surface area contributed by atoms with Crippen molar-refractivity contribution in [3.05, 3.63) is 36.3 Å². The Bertz CT molecular complexity index is 844. The molecule has 0 spiro atoms. The van der Waals surface area contributed by atoms with Gasteiger partial charge in [-0.25, -0.2) is 15.0 Å². The van der Waals surface area contributed by atoms with E-state index in [0.717, 1.165) is 53.7 Å². The zero-order chi connectivity index (χ0) is 15.8. The molecule has 0 aromatic carbocycles. The van der Waals surface area contributed by atoms with E-state index in [1.807, 2.05) is 25.3 Å². The van der Waals surface area contributed by atoms with Crippen LogP contribution in [0.3, 0.4) is 0 Å². The highest BCUT2D eigenvalue weighted by Crippen LogP contribution is 2.27. The average Bonchev–Trinajstić information content (AvgIpc) is 2.95. The highest BCUT2D eigenvalue weighted by atomic mass is 16.5. The Morgan fingerprint density at radius 2 is 2.13 bits per heavy atom. The van der Waals surface area contributed by atoms with E-state index in [9.17, 15) is 0 Å². The summed E-state index contributed by atoms with van der Waals surface area (Å²) in [4.78, 5) is 19.2. The van der Waals surface area contributed by atoms with Crippen molar-refractivity contribution in [1.82, 2.24) is 19.9 Å². The van der Waals surface area contributed by atoms with E-state index in [1.165, 1.54) is 0 Å². The van der Waals surface area contributed by atoms with Crippen LogP contribution in [-0.4, -0.2) is 45.7 Å². The number of pyridine rings is 1. The Morgan fingerprint density at radius 1 is 1.26 bits per heavy atom. The number of aryl methyl sites for hydroxylation is 1. The predicted molar refractivity (Wildman–Crippen MR) is 89.5 cm³/mol. The first-order chi connectivity index (χ1) is 11.2. The van der Waals surface area contributed by atoms with Gasteiger partial charge in [0.05, 0.1) is 19.3 Å². The number of fused-ring (bicyclic) bond motifs is 1. The summed E-state index contributed by atoms with van der Waals surface area (Å²) in [5.41, 5.74) is 2.95. The van der Waals surface area contributed by atoms with Gasteiger partial charge < -0.3 is 14.6 Å². The van der Waals surface area contributed by atoms with Crippen LogP contribution >= 0.6 is 0 Å². The lowest BCUT2D eigenvalue weighted by Gasteiger charge is -2.34. The summed E-state index contributed by atoms with van der Waals surface area (Å²) in [6.45, 7) is 6.50. The van der Waals surface area contributed by atoms with Crippen molar-refractivity contribution >= 4 is 16.9 Å². The standard InChI is InChI=1S/C17H19N5O/c1-11-9-14-13(3-5-18-17(14)20-11)16-19-6-4-15(21-16)22-7-8-23-10-12(22)2/h3-6,9,12H,7-8,10H2,1-2H3,(H,18,20). The minimum absolute atomic E-state index is 0.318. The van der Waals surface area contributed by atoms with Crippen molar-refractivity contribution in [2.24, 2.45) is 0 Å². The first kappa shape index (κ1) is 14.1. The molecule has 118 valence electrons. The summed E-state index contributed by atoms with van der Waals surface area (Å²) < 4.78 is 5.51. The van der Waals surface area contributed by atoms with Crippen LogP contribution in [-0.2, 0) is 4.74 Å². The molecular formula is C17H19N5O. The molecule has 0 amide bonds. The maximum absolute atomic E-state index is 5.51. The van der Waals surface area contributed by atoms with Crippen molar-refractivity contribution in [2.75, 3.05) is 24.7 Å². The van der Waals surface area contributed by atoms with Gasteiger partial charge in [-0.3, -0.25) is 0 Å². The molecule has 1 saturated heterocycles. The topological polar surface area (TPSA) is 66.9 Å². The highest BCUT2D eigenvalue weighted by Gasteiger charge is 2.21. The van der Waals surface area contributed by atoms with E-state index in [0.29, 0.717) is 6.04 Å². The number of ether oxygens (including phenoxy) is 1. The molecule has 6 nitrogen and oxygen atoms in total. The molecule has 3 aromatic rings. The molecule has 0 saturated carbocycles. The fourth-order valence-electron chi connectivity index (χ4n) is 3.06. The van der Waals surface area contributed by atoms with Crippen molar-refractivity contribution in [3.8, 4) is 11.4 Å². The van der Waals surface area contributed by atoms with Gasteiger partial charge in [-0.1, -0.05) is 0 Å². The molecular weight excluding hydrogens is 290 g/mol. The average molecular weight is 309 g/mol. The van der Waals surface area contributed by atoms with Crippen LogP contribution < -0.4 is 4.90 Å². The quantitative estimate of drug-likeness (QED) is 0.788. The predicted octanol–water partition coefficient (Wildman–Crippen LogP) is 2.55. The van der Waals surface area contributed by atoms with E-state index in [4.69, 9.17) is 9.72 Å². The number of aromatic nitrogens is 4. The molecule has 1 unspecified atom stereocenters. The van der Waals surface area contributed by atoms with E-state index in [1.54, 1.807) is 6.20 Å². The molecule has 4 rings (SSSR count). The maximum Gasteiger partial charge on any atom is 0.162 e. The normalized spacial score (nSPS) is 18.5. The number of nitrogens with zero attached hydrogens (tertiary/aromatic N) is 4. The molecule has 6 heteroatoms. The number of rotatable bonds is 2. The molecule has 1 N–H and O–H groups in total. The van der Waals surface area contributed by atoms with E-state index in [-0.39, 0.29) is 0 Å². The van der Waals surface area contributed by atoms with Gasteiger partial charge in [-0.05, 0) is 32.0 Å². The SMILES string of the molecule is Cc1cc2c(-c3nccc(N4CCOCC4C)n3)ccnc2[nH]1. The smallest absolute Gasteiger partial charge is 0.162 e. The molecule has 1 fully saturated rings. The van der Waals surface area contributed by atoms with Crippen molar-refractivity contribution in [3.63, 3.8) is 0 Å². The largest absolute Gasteiger partial charge is 0.377 e. The number of aromatic amines is 1. The summed E-state index contributed by atoms with van der Waals surface area (Å²) in [6, 6.07) is 6.34. The number of hydrogen-bond acceptors (Lipinski definition) is 5. The monoisotopic (exact) mass is 309 g/mol. The molecule has 0 bridgehead atoms. The Kier molecular flexibility index (Phi) is 3.46. The molecule has 23 heavy (non-hydrogen) atoms. The highest BCUT2D eigenvalue weighted by molar-refractivity contribution is 5.91. The molecule has 1 atom stereocenters. The van der Waals surface area contributed by atoms with E-state index < -0.39 is 0 Å². The Morgan fingerprint density at radius 3 is 3.00 bits per heavy atom. The second kappa shape index (κ2) is 5.62. The zero-order valence-electron chi connectivity index (χ0n) is 13.3. The first-order valence-corrected chi connectivity index (χ1v) is 7.84. The van der Waals surface area contributed by atoms with Crippen LogP contribution in [0.25, 0.3) is 22.4 Å². The third-order valence-electron chi connectivity index (χ3n) is 4.21. The molecule has 0 aliphatic carbocycles. The number of hydrogen-bond donors (Lipinski definition) is 1. The summed E-state index contributed by atoms with van der Waals surface area (Å²) in [5.74, 6) is 1.68. The van der Waals surface area contributed by atoms with Crippen molar-refractivity contribution in [1.29, 1.82) is 0 Å². The minimum Gasteiger partial charge on any atom is -0.377 e. The fraction of sp³-hybridized carbons (Fsp3) is 0.353. The van der Waals surface area contributed by atoms with Crippen LogP contribution in [0.15, 0.2) is 30.6 Å². The molecule has 3 aromatic heterocycles. The Labute approximate surface area is 134 Å². The second-order valence-electron chi connectivity index (χ2n) is 5.93. The first-order valence-electron chi connectivity index (χ1n) is 7.84. The van der Waals surface area contributed by atoms with Crippen LogP contribution in [0.5, 0.6) is 0 Å². The van der Waals surface area contributed by atoms with Gasteiger partial charge in [-0.15, -0.1) is 0 Å². The van der Waals surface area contributed by atoms with Gasteiger partial charge in [0.25, 0.3) is 0 Å². The molecule has 0 radical (unpaired) electrons. The number of nitrogens with one attached hydrogen (secondary N) is 1. The molecule has 1 aliphatic rings. The maximum atomic E-state index is 5.51. The Balaban J connectivity index is 1.78. The van der Waals surface area contributed by atoms with Crippen molar-refractivity contribution in [2.45, 2.75) is 19.9 Å². The molecule has 1 aliphatic heterocycles.